The molecular formula is C23H21N3O4. The summed E-state index contributed by atoms with van der Waals surface area (Å²) in [5.74, 6) is 1.96. The Labute approximate surface area is 174 Å². The van der Waals surface area contributed by atoms with Crippen molar-refractivity contribution in [3.05, 3.63) is 71.2 Å². The summed E-state index contributed by atoms with van der Waals surface area (Å²) in [6.45, 7) is 2.09. The van der Waals surface area contributed by atoms with Gasteiger partial charge in [0.05, 0.1) is 29.5 Å². The summed E-state index contributed by atoms with van der Waals surface area (Å²) < 4.78 is 16.1. The number of aliphatic imine (C=N–C) groups is 1. The van der Waals surface area contributed by atoms with Crippen LogP contribution in [0.2, 0.25) is 0 Å². The molecule has 7 nitrogen and oxygen atoms in total. The third-order valence-electron chi connectivity index (χ3n) is 5.56. The molecule has 0 saturated heterocycles. The van der Waals surface area contributed by atoms with Crippen LogP contribution < -0.4 is 19.5 Å². The second-order valence-corrected chi connectivity index (χ2v) is 7.56. The Morgan fingerprint density at radius 2 is 2.03 bits per heavy atom. The first-order chi connectivity index (χ1) is 14.6. The lowest BCUT2D eigenvalue weighted by Gasteiger charge is -2.18. The molecule has 0 atom stereocenters. The van der Waals surface area contributed by atoms with E-state index in [2.05, 4.69) is 15.3 Å². The van der Waals surface area contributed by atoms with Crippen molar-refractivity contribution in [2.24, 2.45) is 4.99 Å². The number of hydrogen-bond donors (Lipinski definition) is 1. The van der Waals surface area contributed by atoms with Crippen LogP contribution in [0.1, 0.15) is 30.9 Å². The highest BCUT2D eigenvalue weighted by molar-refractivity contribution is 6.14. The molecular weight excluding hydrogens is 382 g/mol. The first-order valence-corrected chi connectivity index (χ1v) is 9.79. The first-order valence-electron chi connectivity index (χ1n) is 9.79. The van der Waals surface area contributed by atoms with Crippen LogP contribution in [-0.2, 0) is 10.2 Å². The minimum absolute atomic E-state index is 0.00632. The highest BCUT2D eigenvalue weighted by Crippen LogP contribution is 2.50. The van der Waals surface area contributed by atoms with Gasteiger partial charge in [-0.3, -0.25) is 4.79 Å². The number of ether oxygens (including phenoxy) is 3. The van der Waals surface area contributed by atoms with E-state index in [0.717, 1.165) is 46.8 Å². The topological polar surface area (TPSA) is 82.0 Å². The van der Waals surface area contributed by atoms with Crippen molar-refractivity contribution in [2.75, 3.05) is 13.9 Å². The zero-order chi connectivity index (χ0) is 20.7. The van der Waals surface area contributed by atoms with Crippen LogP contribution in [0.25, 0.3) is 0 Å². The van der Waals surface area contributed by atoms with Crippen LogP contribution in [0, 0.1) is 0 Å². The molecule has 1 amide bonds. The number of amides is 1. The Balaban J connectivity index is 1.26. The number of hydrogen-bond acceptors (Lipinski definition) is 6. The van der Waals surface area contributed by atoms with Gasteiger partial charge in [0.2, 0.25) is 18.6 Å². The molecule has 1 aromatic carbocycles. The summed E-state index contributed by atoms with van der Waals surface area (Å²) in [5, 5.41) is 3.03. The standard InChI is InChI=1S/C23H21N3O4/c1-14(10-16-12-18(26-16)17-4-3-9-24-21(17)28-2)25-22(27)23(7-8-23)15-5-6-19-20(11-15)30-13-29-19/h3-6,9-12H,7-8,13H2,1-2H3,(H,25,27)/b14-10+. The summed E-state index contributed by atoms with van der Waals surface area (Å²) in [6.07, 6.45) is 7.12. The maximum Gasteiger partial charge on any atom is 0.234 e. The Kier molecular flexibility index (Phi) is 4.31. The number of carbonyl (C=O) groups is 1. The van der Waals surface area contributed by atoms with Crippen molar-refractivity contribution < 1.29 is 19.0 Å². The van der Waals surface area contributed by atoms with Crippen molar-refractivity contribution in [1.82, 2.24) is 10.3 Å². The van der Waals surface area contributed by atoms with Gasteiger partial charge in [-0.15, -0.1) is 0 Å². The number of nitrogens with zero attached hydrogens (tertiary/aromatic N) is 2. The second-order valence-electron chi connectivity index (χ2n) is 7.56. The molecule has 0 bridgehead atoms. The van der Waals surface area contributed by atoms with Crippen molar-refractivity contribution in [3.8, 4) is 17.4 Å². The van der Waals surface area contributed by atoms with Gasteiger partial charge in [-0.05, 0) is 61.7 Å². The highest BCUT2D eigenvalue weighted by atomic mass is 16.7. The molecule has 3 heterocycles. The number of fused-ring (bicyclic) bond motifs is 1. The van der Waals surface area contributed by atoms with E-state index in [1.54, 1.807) is 13.3 Å². The van der Waals surface area contributed by atoms with Gasteiger partial charge in [-0.2, -0.15) is 0 Å². The predicted molar refractivity (Wildman–Crippen MR) is 111 cm³/mol. The van der Waals surface area contributed by atoms with Gasteiger partial charge in [0, 0.05) is 11.9 Å². The third-order valence-corrected chi connectivity index (χ3v) is 5.56. The average Bonchev–Trinajstić information content (AvgIpc) is 3.41. The number of allylic oxidation sites excluding steroid dienone is 3. The van der Waals surface area contributed by atoms with Crippen LogP contribution in [0.15, 0.2) is 65.1 Å². The molecule has 1 saturated carbocycles. The SMILES string of the molecule is COc1ncccc1C1=NC(/C=C(\C)NC(=O)C2(c3ccc4c(c3)OCO4)CC2)=C1. The summed E-state index contributed by atoms with van der Waals surface area (Å²) in [5.41, 5.74) is 3.66. The summed E-state index contributed by atoms with van der Waals surface area (Å²) in [6, 6.07) is 9.50. The van der Waals surface area contributed by atoms with Gasteiger partial charge in [0.25, 0.3) is 0 Å². The quantitative estimate of drug-likeness (QED) is 0.801. The van der Waals surface area contributed by atoms with E-state index < -0.39 is 5.41 Å². The number of methoxy groups -OCH3 is 1. The number of carbonyl (C=O) groups excluding carboxylic acids is 1. The molecule has 0 spiro atoms. The zero-order valence-electron chi connectivity index (χ0n) is 16.8. The van der Waals surface area contributed by atoms with Crippen molar-refractivity contribution in [1.29, 1.82) is 0 Å². The molecule has 1 N–H and O–H groups in total. The highest BCUT2D eigenvalue weighted by Gasteiger charge is 2.51. The van der Waals surface area contributed by atoms with E-state index in [1.807, 2.05) is 49.4 Å². The lowest BCUT2D eigenvalue weighted by molar-refractivity contribution is -0.122. The molecule has 0 unspecified atom stereocenters. The van der Waals surface area contributed by atoms with Crippen LogP contribution >= 0.6 is 0 Å². The Morgan fingerprint density at radius 1 is 1.23 bits per heavy atom. The minimum atomic E-state index is -0.498. The maximum atomic E-state index is 13.0. The molecule has 1 aliphatic carbocycles. The Morgan fingerprint density at radius 3 is 2.80 bits per heavy atom. The van der Waals surface area contributed by atoms with Crippen molar-refractivity contribution in [3.63, 3.8) is 0 Å². The van der Waals surface area contributed by atoms with Gasteiger partial charge in [-0.25, -0.2) is 9.98 Å². The second kappa shape index (κ2) is 7.02. The smallest absolute Gasteiger partial charge is 0.234 e. The predicted octanol–water partition coefficient (Wildman–Crippen LogP) is 3.26. The number of nitrogens with one attached hydrogen (secondary N) is 1. The normalized spacial score (nSPS) is 18.1. The number of rotatable bonds is 6. The molecule has 2 aromatic rings. The monoisotopic (exact) mass is 403 g/mol. The fourth-order valence-electron chi connectivity index (χ4n) is 3.76. The number of aromatic nitrogens is 1. The Bertz CT molecular complexity index is 1130. The van der Waals surface area contributed by atoms with E-state index in [1.165, 1.54) is 0 Å². The lowest BCUT2D eigenvalue weighted by atomic mass is 9.94. The molecule has 5 rings (SSSR count). The lowest BCUT2D eigenvalue weighted by Crippen LogP contribution is -2.33. The summed E-state index contributed by atoms with van der Waals surface area (Å²) >= 11 is 0. The van der Waals surface area contributed by atoms with E-state index in [0.29, 0.717) is 11.6 Å². The van der Waals surface area contributed by atoms with Crippen LogP contribution in [0.3, 0.4) is 0 Å². The minimum Gasteiger partial charge on any atom is -0.481 e. The maximum absolute atomic E-state index is 13.0. The largest absolute Gasteiger partial charge is 0.481 e. The summed E-state index contributed by atoms with van der Waals surface area (Å²) in [4.78, 5) is 21.7. The van der Waals surface area contributed by atoms with E-state index in [-0.39, 0.29) is 12.7 Å². The molecule has 7 heteroatoms. The van der Waals surface area contributed by atoms with Crippen molar-refractivity contribution >= 4 is 11.6 Å². The molecule has 1 aromatic heterocycles. The number of benzene rings is 1. The number of pyridine rings is 1. The van der Waals surface area contributed by atoms with Crippen molar-refractivity contribution in [2.45, 2.75) is 25.2 Å². The molecule has 30 heavy (non-hydrogen) atoms. The third kappa shape index (κ3) is 3.12. The van der Waals surface area contributed by atoms with Gasteiger partial charge < -0.3 is 19.5 Å². The molecule has 2 aliphatic heterocycles. The van der Waals surface area contributed by atoms with Crippen LogP contribution in [-0.4, -0.2) is 30.5 Å². The van der Waals surface area contributed by atoms with E-state index in [4.69, 9.17) is 14.2 Å². The molecule has 3 aliphatic rings. The average molecular weight is 403 g/mol. The first kappa shape index (κ1) is 18.4. The van der Waals surface area contributed by atoms with E-state index in [9.17, 15) is 4.79 Å². The van der Waals surface area contributed by atoms with Crippen LogP contribution in [0.5, 0.6) is 17.4 Å². The zero-order valence-corrected chi connectivity index (χ0v) is 16.8. The van der Waals surface area contributed by atoms with Gasteiger partial charge in [0.15, 0.2) is 11.5 Å². The molecule has 0 radical (unpaired) electrons. The van der Waals surface area contributed by atoms with Crippen LogP contribution in [0.4, 0.5) is 0 Å². The fourth-order valence-corrected chi connectivity index (χ4v) is 3.76. The summed E-state index contributed by atoms with van der Waals surface area (Å²) in [7, 11) is 1.59. The van der Waals surface area contributed by atoms with Gasteiger partial charge in [0.1, 0.15) is 0 Å². The van der Waals surface area contributed by atoms with Gasteiger partial charge >= 0.3 is 0 Å². The fraction of sp³-hybridized carbons (Fsp3) is 0.261. The molecule has 152 valence electrons. The molecule has 1 fully saturated rings. The van der Waals surface area contributed by atoms with Gasteiger partial charge in [-0.1, -0.05) is 6.07 Å². The Hall–Kier alpha value is -3.61. The van der Waals surface area contributed by atoms with E-state index >= 15 is 0 Å².